The average Bonchev–Trinajstić information content (AvgIpc) is 3.08. The minimum atomic E-state index is -0.842. The van der Waals surface area contributed by atoms with Crippen molar-refractivity contribution >= 4 is 46.5 Å². The number of benzene rings is 2. The van der Waals surface area contributed by atoms with Crippen molar-refractivity contribution in [3.8, 4) is 0 Å². The summed E-state index contributed by atoms with van der Waals surface area (Å²) in [6, 6.07) is 9.40. The number of nitro groups is 1. The number of ketones is 1. The second kappa shape index (κ2) is 9.18. The van der Waals surface area contributed by atoms with Gasteiger partial charge in [-0.25, -0.2) is 4.79 Å². The number of allylic oxidation sites excluding steroid dienone is 2. The number of rotatable bonds is 6. The van der Waals surface area contributed by atoms with Crippen molar-refractivity contribution in [2.75, 3.05) is 11.5 Å². The summed E-state index contributed by atoms with van der Waals surface area (Å²) in [6.07, 6.45) is 4.32. The lowest BCUT2D eigenvalue weighted by Crippen LogP contribution is -2.31. The minimum Gasteiger partial charge on any atom is -0.454 e. The van der Waals surface area contributed by atoms with Crippen LogP contribution in [-0.4, -0.2) is 35.1 Å². The summed E-state index contributed by atoms with van der Waals surface area (Å²) in [5, 5.41) is 10.9. The van der Waals surface area contributed by atoms with E-state index >= 15 is 0 Å². The summed E-state index contributed by atoms with van der Waals surface area (Å²) in [7, 11) is 0. The van der Waals surface area contributed by atoms with Gasteiger partial charge in [0.1, 0.15) is 5.02 Å². The molecule has 1 fully saturated rings. The number of ether oxygens (including phenoxy) is 1. The lowest BCUT2D eigenvalue weighted by Gasteiger charge is -2.22. The number of halogens is 1. The number of carbonyl (C=O) groups excluding carboxylic acids is 4. The maximum atomic E-state index is 13.0. The molecule has 2 amide bonds. The predicted molar refractivity (Wildman–Crippen MR) is 122 cm³/mol. The normalized spacial score (nSPS) is 21.4. The van der Waals surface area contributed by atoms with Crippen LogP contribution in [0.2, 0.25) is 5.02 Å². The van der Waals surface area contributed by atoms with Gasteiger partial charge in [0, 0.05) is 11.6 Å². The van der Waals surface area contributed by atoms with Crippen LogP contribution >= 0.6 is 11.6 Å². The number of nitro benzene ring substituents is 1. The molecule has 0 radical (unpaired) electrons. The van der Waals surface area contributed by atoms with Crippen molar-refractivity contribution in [1.82, 2.24) is 0 Å². The molecule has 0 saturated carbocycles. The van der Waals surface area contributed by atoms with E-state index in [1.165, 1.54) is 30.3 Å². The zero-order valence-electron chi connectivity index (χ0n) is 18.0. The van der Waals surface area contributed by atoms with Crippen molar-refractivity contribution in [1.29, 1.82) is 0 Å². The molecule has 0 N–H and O–H groups in total. The van der Waals surface area contributed by atoms with Crippen molar-refractivity contribution in [3.05, 3.63) is 80.9 Å². The fourth-order valence-corrected chi connectivity index (χ4v) is 4.48. The molecule has 1 aliphatic heterocycles. The Hall–Kier alpha value is -3.85. The van der Waals surface area contributed by atoms with Crippen molar-refractivity contribution < 1.29 is 28.8 Å². The molecule has 34 heavy (non-hydrogen) atoms. The van der Waals surface area contributed by atoms with Gasteiger partial charge in [0.25, 0.3) is 5.69 Å². The number of carbonyl (C=O) groups is 4. The summed E-state index contributed by atoms with van der Waals surface area (Å²) in [6.45, 7) is 1.23. The highest BCUT2D eigenvalue weighted by Gasteiger charge is 2.50. The number of amides is 2. The number of nitrogens with zero attached hydrogens (tertiary/aromatic N) is 2. The summed E-state index contributed by atoms with van der Waals surface area (Å²) in [5.41, 5.74) is -0.160. The topological polar surface area (TPSA) is 124 Å². The third kappa shape index (κ3) is 4.22. The number of esters is 1. The Balaban J connectivity index is 1.47. The lowest BCUT2D eigenvalue weighted by atomic mass is 9.78. The highest BCUT2D eigenvalue weighted by molar-refractivity contribution is 6.32. The third-order valence-corrected chi connectivity index (χ3v) is 6.33. The van der Waals surface area contributed by atoms with Gasteiger partial charge in [-0.05, 0) is 42.7 Å². The summed E-state index contributed by atoms with van der Waals surface area (Å²) < 4.78 is 5.07. The molecule has 10 heteroatoms. The van der Waals surface area contributed by atoms with Crippen molar-refractivity contribution in [2.45, 2.75) is 13.3 Å². The van der Waals surface area contributed by atoms with Gasteiger partial charge in [0.05, 0.1) is 28.0 Å². The van der Waals surface area contributed by atoms with Gasteiger partial charge in [-0.2, -0.15) is 0 Å². The lowest BCUT2D eigenvalue weighted by molar-refractivity contribution is -0.384. The molecule has 2 aromatic rings. The molecule has 0 unspecified atom stereocenters. The van der Waals surface area contributed by atoms with Gasteiger partial charge in [0.2, 0.25) is 17.6 Å². The van der Waals surface area contributed by atoms with E-state index in [2.05, 4.69) is 0 Å². The molecule has 0 bridgehead atoms. The molecule has 1 saturated heterocycles. The number of anilines is 1. The van der Waals surface area contributed by atoms with Crippen LogP contribution in [0.3, 0.4) is 0 Å². The minimum absolute atomic E-state index is 0.0313. The Labute approximate surface area is 199 Å². The van der Waals surface area contributed by atoms with Gasteiger partial charge < -0.3 is 4.74 Å². The SMILES string of the molecule is C[C@H]1C=CC[C@@H]2C(=O)N(c3cccc(C(=O)OCC(=O)c4ccc(Cl)c([N+](=O)[O-])c4)c3)C(=O)[C@@H]21. The monoisotopic (exact) mass is 482 g/mol. The van der Waals surface area contributed by atoms with Crippen LogP contribution in [0, 0.1) is 27.9 Å². The molecule has 4 rings (SSSR count). The fourth-order valence-electron chi connectivity index (χ4n) is 4.30. The molecule has 0 aromatic heterocycles. The Kier molecular flexibility index (Phi) is 6.30. The first-order valence-corrected chi connectivity index (χ1v) is 10.9. The van der Waals surface area contributed by atoms with Crippen LogP contribution in [0.5, 0.6) is 0 Å². The Morgan fingerprint density at radius 3 is 2.62 bits per heavy atom. The van der Waals surface area contributed by atoms with E-state index in [4.69, 9.17) is 16.3 Å². The number of hydrogen-bond acceptors (Lipinski definition) is 7. The zero-order chi connectivity index (χ0) is 24.6. The molecule has 1 heterocycles. The molecule has 0 spiro atoms. The molecule has 2 aromatic carbocycles. The van der Waals surface area contributed by atoms with Crippen LogP contribution < -0.4 is 4.90 Å². The molecule has 2 aliphatic rings. The first kappa shape index (κ1) is 23.3. The van der Waals surface area contributed by atoms with Gasteiger partial charge in [-0.15, -0.1) is 0 Å². The van der Waals surface area contributed by atoms with E-state index < -0.39 is 40.8 Å². The standard InChI is InChI=1S/C24H19ClN2O7/c1-13-4-2-7-17-21(13)23(30)26(22(17)29)16-6-3-5-15(10-16)24(31)34-12-20(28)14-8-9-18(25)19(11-14)27(32)33/h2-6,8-11,13,17,21H,7,12H2,1H3/t13-,17-,21+/m0/s1. The van der Waals surface area contributed by atoms with E-state index in [1.54, 1.807) is 6.07 Å². The van der Waals surface area contributed by atoms with Crippen molar-refractivity contribution in [3.63, 3.8) is 0 Å². The van der Waals surface area contributed by atoms with E-state index in [0.29, 0.717) is 6.42 Å². The first-order chi connectivity index (χ1) is 16.2. The Bertz CT molecular complexity index is 1260. The first-order valence-electron chi connectivity index (χ1n) is 10.5. The van der Waals surface area contributed by atoms with E-state index in [9.17, 15) is 29.3 Å². The predicted octanol–water partition coefficient (Wildman–Crippen LogP) is 3.99. The van der Waals surface area contributed by atoms with E-state index in [1.807, 2.05) is 19.1 Å². The smallest absolute Gasteiger partial charge is 0.338 e. The Morgan fingerprint density at radius 2 is 1.91 bits per heavy atom. The number of Topliss-reactive ketones (excluding diaryl/α,β-unsaturated/α-hetero) is 1. The second-order valence-corrected chi connectivity index (χ2v) is 8.55. The number of hydrogen-bond donors (Lipinski definition) is 0. The number of fused-ring (bicyclic) bond motifs is 1. The van der Waals surface area contributed by atoms with Crippen molar-refractivity contribution in [2.24, 2.45) is 17.8 Å². The van der Waals surface area contributed by atoms with Gasteiger partial charge in [-0.1, -0.05) is 36.7 Å². The fraction of sp³-hybridized carbons (Fsp3) is 0.250. The van der Waals surface area contributed by atoms with Gasteiger partial charge in [-0.3, -0.25) is 29.4 Å². The zero-order valence-corrected chi connectivity index (χ0v) is 18.7. The van der Waals surface area contributed by atoms with Crippen LogP contribution in [0.4, 0.5) is 11.4 Å². The van der Waals surface area contributed by atoms with Crippen LogP contribution in [0.1, 0.15) is 34.1 Å². The third-order valence-electron chi connectivity index (χ3n) is 6.01. The van der Waals surface area contributed by atoms with Crippen LogP contribution in [0.25, 0.3) is 0 Å². The highest BCUT2D eigenvalue weighted by Crippen LogP contribution is 2.40. The average molecular weight is 483 g/mol. The molecular formula is C24H19ClN2O7. The van der Waals surface area contributed by atoms with Gasteiger partial charge >= 0.3 is 5.97 Å². The quantitative estimate of drug-likeness (QED) is 0.152. The van der Waals surface area contributed by atoms with Crippen LogP contribution in [-0.2, 0) is 14.3 Å². The maximum absolute atomic E-state index is 13.0. The highest BCUT2D eigenvalue weighted by atomic mass is 35.5. The van der Waals surface area contributed by atoms with E-state index in [0.717, 1.165) is 11.0 Å². The van der Waals surface area contributed by atoms with E-state index in [-0.39, 0.29) is 39.6 Å². The molecule has 174 valence electrons. The molecule has 3 atom stereocenters. The maximum Gasteiger partial charge on any atom is 0.338 e. The summed E-state index contributed by atoms with van der Waals surface area (Å²) in [4.78, 5) is 62.2. The molecule has 9 nitrogen and oxygen atoms in total. The summed E-state index contributed by atoms with van der Waals surface area (Å²) >= 11 is 5.75. The molecular weight excluding hydrogens is 464 g/mol. The Morgan fingerprint density at radius 1 is 1.15 bits per heavy atom. The summed E-state index contributed by atoms with van der Waals surface area (Å²) in [5.74, 6) is -3.04. The van der Waals surface area contributed by atoms with Crippen LogP contribution in [0.15, 0.2) is 54.6 Å². The molecule has 1 aliphatic carbocycles. The largest absolute Gasteiger partial charge is 0.454 e. The second-order valence-electron chi connectivity index (χ2n) is 8.14. The van der Waals surface area contributed by atoms with Gasteiger partial charge in [0.15, 0.2) is 6.61 Å². The number of imide groups is 1.